The number of hydrogen-bond donors (Lipinski definition) is 2. The van der Waals surface area contributed by atoms with Crippen molar-refractivity contribution >= 4 is 5.91 Å². The van der Waals surface area contributed by atoms with Crippen molar-refractivity contribution in [2.45, 2.75) is 77.4 Å². The molecule has 0 aromatic carbocycles. The number of carbonyl (C=O) groups is 1. The van der Waals surface area contributed by atoms with E-state index in [1.165, 1.54) is 19.3 Å². The fraction of sp³-hybridized carbons (Fsp3) is 0.933. The smallest absolute Gasteiger partial charge is 0.237 e. The number of nitrogens with one attached hydrogen (secondary N) is 1. The summed E-state index contributed by atoms with van der Waals surface area (Å²) >= 11 is 0. The highest BCUT2D eigenvalue weighted by molar-refractivity contribution is 5.84. The highest BCUT2D eigenvalue weighted by atomic mass is 16.1. The zero-order chi connectivity index (χ0) is 14.5. The first-order valence-electron chi connectivity index (χ1n) is 7.75. The van der Waals surface area contributed by atoms with E-state index in [-0.39, 0.29) is 5.91 Å². The van der Waals surface area contributed by atoms with Crippen LogP contribution in [0.25, 0.3) is 0 Å². The summed E-state index contributed by atoms with van der Waals surface area (Å²) in [5, 5.41) is 3.32. The highest BCUT2D eigenvalue weighted by Gasteiger charge is 2.34. The average Bonchev–Trinajstić information content (AvgIpc) is 2.74. The molecule has 3 atom stereocenters. The predicted octanol–water partition coefficient (Wildman–Crippen LogP) is 1.88. The molecule has 0 spiro atoms. The lowest BCUT2D eigenvalue weighted by Crippen LogP contribution is -2.55. The molecule has 112 valence electrons. The number of primary amides is 1. The summed E-state index contributed by atoms with van der Waals surface area (Å²) in [6.07, 6.45) is 5.56. The Labute approximate surface area is 118 Å². The molecule has 0 aliphatic carbocycles. The topological polar surface area (TPSA) is 58.4 Å². The molecule has 1 fully saturated rings. The van der Waals surface area contributed by atoms with Crippen LogP contribution in [0.1, 0.15) is 59.8 Å². The summed E-state index contributed by atoms with van der Waals surface area (Å²) < 4.78 is 0. The molecule has 0 saturated carbocycles. The van der Waals surface area contributed by atoms with Crippen LogP contribution in [0.4, 0.5) is 0 Å². The minimum absolute atomic E-state index is 0.235. The number of likely N-dealkylation sites (tertiary alicyclic amines) is 1. The Hall–Kier alpha value is -0.610. The van der Waals surface area contributed by atoms with Gasteiger partial charge in [0, 0.05) is 18.6 Å². The van der Waals surface area contributed by atoms with Crippen molar-refractivity contribution in [1.82, 2.24) is 10.2 Å². The minimum Gasteiger partial charge on any atom is -0.368 e. The summed E-state index contributed by atoms with van der Waals surface area (Å²) in [6, 6.07) is 1.31. The summed E-state index contributed by atoms with van der Waals surface area (Å²) in [5.74, 6) is -0.235. The molecule has 0 aromatic heterocycles. The van der Waals surface area contributed by atoms with Gasteiger partial charge in [-0.05, 0) is 52.5 Å². The lowest BCUT2D eigenvalue weighted by atomic mass is 9.96. The van der Waals surface area contributed by atoms with E-state index in [9.17, 15) is 4.79 Å². The third-order valence-electron chi connectivity index (χ3n) is 4.60. The molecule has 4 heteroatoms. The van der Waals surface area contributed by atoms with Gasteiger partial charge in [-0.25, -0.2) is 0 Å². The second-order valence-electron chi connectivity index (χ2n) is 6.10. The van der Waals surface area contributed by atoms with Crippen LogP contribution in [0.2, 0.25) is 0 Å². The van der Waals surface area contributed by atoms with Gasteiger partial charge < -0.3 is 11.1 Å². The molecular weight excluding hydrogens is 238 g/mol. The van der Waals surface area contributed by atoms with E-state index in [0.29, 0.717) is 12.1 Å². The molecule has 1 saturated heterocycles. The van der Waals surface area contributed by atoms with Crippen LogP contribution in [0.3, 0.4) is 0 Å². The maximum absolute atomic E-state index is 11.7. The Balaban J connectivity index is 2.58. The van der Waals surface area contributed by atoms with E-state index in [1.54, 1.807) is 0 Å². The average molecular weight is 269 g/mol. The first-order valence-corrected chi connectivity index (χ1v) is 7.75. The second-order valence-corrected chi connectivity index (χ2v) is 6.10. The highest BCUT2D eigenvalue weighted by Crippen LogP contribution is 2.27. The van der Waals surface area contributed by atoms with Gasteiger partial charge in [0.05, 0.1) is 5.54 Å². The summed E-state index contributed by atoms with van der Waals surface area (Å²) in [5.41, 5.74) is 5.01. The number of nitrogens with zero attached hydrogens (tertiary/aromatic N) is 1. The standard InChI is InChI=1S/C15H31N3O/c1-5-10-17-15(4,14(16)19)9-11-18-12(3)7-8-13(18)6-2/h12-13,17H,5-11H2,1-4H3,(H2,16,19). The SMILES string of the molecule is CCCNC(C)(CCN1C(C)CCC1CC)C(N)=O. The maximum atomic E-state index is 11.7. The van der Waals surface area contributed by atoms with Gasteiger partial charge in [-0.3, -0.25) is 9.69 Å². The lowest BCUT2D eigenvalue weighted by Gasteiger charge is -2.33. The molecular formula is C15H31N3O. The van der Waals surface area contributed by atoms with Gasteiger partial charge in [-0.2, -0.15) is 0 Å². The Bertz CT molecular complexity index is 295. The van der Waals surface area contributed by atoms with E-state index in [1.807, 2.05) is 6.92 Å². The molecule has 0 bridgehead atoms. The zero-order valence-electron chi connectivity index (χ0n) is 13.0. The number of carbonyl (C=O) groups excluding carboxylic acids is 1. The van der Waals surface area contributed by atoms with Gasteiger partial charge in [0.15, 0.2) is 0 Å². The first-order chi connectivity index (χ1) is 8.94. The molecule has 0 radical (unpaired) electrons. The largest absolute Gasteiger partial charge is 0.368 e. The van der Waals surface area contributed by atoms with Crippen LogP contribution in [0.15, 0.2) is 0 Å². The van der Waals surface area contributed by atoms with Crippen molar-refractivity contribution in [1.29, 1.82) is 0 Å². The Kier molecular flexibility index (Phi) is 6.27. The molecule has 3 N–H and O–H groups in total. The fourth-order valence-corrected chi connectivity index (χ4v) is 3.02. The first kappa shape index (κ1) is 16.4. The fourth-order valence-electron chi connectivity index (χ4n) is 3.02. The predicted molar refractivity (Wildman–Crippen MR) is 80.0 cm³/mol. The quantitative estimate of drug-likeness (QED) is 0.707. The van der Waals surface area contributed by atoms with Crippen molar-refractivity contribution in [3.05, 3.63) is 0 Å². The van der Waals surface area contributed by atoms with Crippen LogP contribution in [0.5, 0.6) is 0 Å². The van der Waals surface area contributed by atoms with E-state index in [0.717, 1.165) is 25.9 Å². The third kappa shape index (κ3) is 4.18. The molecule has 4 nitrogen and oxygen atoms in total. The van der Waals surface area contributed by atoms with Gasteiger partial charge >= 0.3 is 0 Å². The van der Waals surface area contributed by atoms with Crippen LogP contribution in [0, 0.1) is 0 Å². The van der Waals surface area contributed by atoms with E-state index < -0.39 is 5.54 Å². The van der Waals surface area contributed by atoms with E-state index >= 15 is 0 Å². The molecule has 0 aromatic rings. The number of nitrogens with two attached hydrogens (primary N) is 1. The maximum Gasteiger partial charge on any atom is 0.237 e. The number of hydrogen-bond acceptors (Lipinski definition) is 3. The second kappa shape index (κ2) is 7.25. The summed E-state index contributed by atoms with van der Waals surface area (Å²) in [4.78, 5) is 14.3. The number of rotatable bonds is 8. The van der Waals surface area contributed by atoms with Gasteiger partial charge in [-0.15, -0.1) is 0 Å². The van der Waals surface area contributed by atoms with Crippen LogP contribution < -0.4 is 11.1 Å². The molecule has 1 amide bonds. The normalized spacial score (nSPS) is 27.4. The van der Waals surface area contributed by atoms with Crippen molar-refractivity contribution in [2.24, 2.45) is 5.73 Å². The molecule has 3 unspecified atom stereocenters. The van der Waals surface area contributed by atoms with Gasteiger partial charge in [0.1, 0.15) is 0 Å². The Morgan fingerprint density at radius 3 is 2.63 bits per heavy atom. The molecule has 1 aliphatic rings. The third-order valence-corrected chi connectivity index (χ3v) is 4.60. The molecule has 1 heterocycles. The summed E-state index contributed by atoms with van der Waals surface area (Å²) in [6.45, 7) is 10.4. The van der Waals surface area contributed by atoms with Crippen molar-refractivity contribution in [3.8, 4) is 0 Å². The molecule has 1 rings (SSSR count). The van der Waals surface area contributed by atoms with Gasteiger partial charge in [0.25, 0.3) is 0 Å². The molecule has 1 aliphatic heterocycles. The van der Waals surface area contributed by atoms with Gasteiger partial charge in [0.2, 0.25) is 5.91 Å². The van der Waals surface area contributed by atoms with Crippen molar-refractivity contribution < 1.29 is 4.79 Å². The minimum atomic E-state index is -0.573. The number of amides is 1. The zero-order valence-corrected chi connectivity index (χ0v) is 13.0. The van der Waals surface area contributed by atoms with Crippen LogP contribution in [-0.4, -0.2) is 41.5 Å². The van der Waals surface area contributed by atoms with Gasteiger partial charge in [-0.1, -0.05) is 13.8 Å². The van der Waals surface area contributed by atoms with Crippen molar-refractivity contribution in [3.63, 3.8) is 0 Å². The van der Waals surface area contributed by atoms with E-state index in [4.69, 9.17) is 5.73 Å². The Morgan fingerprint density at radius 1 is 1.42 bits per heavy atom. The van der Waals surface area contributed by atoms with Crippen LogP contribution >= 0.6 is 0 Å². The molecule has 19 heavy (non-hydrogen) atoms. The van der Waals surface area contributed by atoms with E-state index in [2.05, 4.69) is 31.0 Å². The van der Waals surface area contributed by atoms with Crippen LogP contribution in [-0.2, 0) is 4.79 Å². The lowest BCUT2D eigenvalue weighted by molar-refractivity contribution is -0.124. The summed E-state index contributed by atoms with van der Waals surface area (Å²) in [7, 11) is 0. The van der Waals surface area contributed by atoms with Crippen molar-refractivity contribution in [2.75, 3.05) is 13.1 Å². The monoisotopic (exact) mass is 269 g/mol. The Morgan fingerprint density at radius 2 is 2.11 bits per heavy atom.